The van der Waals surface area contributed by atoms with E-state index in [1.165, 1.54) is 11.8 Å². The van der Waals surface area contributed by atoms with Gasteiger partial charge in [-0.3, -0.25) is 0 Å². The van der Waals surface area contributed by atoms with Crippen LogP contribution in [0.25, 0.3) is 11.0 Å². The number of hydrogen-bond donors (Lipinski definition) is 1. The van der Waals surface area contributed by atoms with Crippen LogP contribution in [0.5, 0.6) is 0 Å². The van der Waals surface area contributed by atoms with Gasteiger partial charge in [0.1, 0.15) is 5.58 Å². The summed E-state index contributed by atoms with van der Waals surface area (Å²) in [6.45, 7) is 2.07. The maximum Gasteiger partial charge on any atom is 0.336 e. The van der Waals surface area contributed by atoms with Crippen LogP contribution in [0, 0.1) is 0 Å². The minimum absolute atomic E-state index is 0.334. The van der Waals surface area contributed by atoms with Crippen molar-refractivity contribution in [3.63, 3.8) is 0 Å². The molecule has 124 valence electrons. The lowest BCUT2D eigenvalue weighted by molar-refractivity contribution is 0.559. The Bertz CT molecular complexity index is 959. The second-order valence-corrected chi connectivity index (χ2v) is 6.99. The van der Waals surface area contributed by atoms with Gasteiger partial charge in [-0.15, -0.1) is 10.2 Å². The van der Waals surface area contributed by atoms with Crippen LogP contribution in [0.1, 0.15) is 42.6 Å². The molecule has 0 amide bonds. The summed E-state index contributed by atoms with van der Waals surface area (Å²) in [6, 6.07) is 7.55. The number of nitrogen functional groups attached to an aromatic ring is 1. The smallest absolute Gasteiger partial charge is 0.336 e. The van der Waals surface area contributed by atoms with Crippen molar-refractivity contribution in [2.75, 3.05) is 5.84 Å². The molecule has 24 heavy (non-hydrogen) atoms. The van der Waals surface area contributed by atoms with Gasteiger partial charge in [-0.2, -0.15) is 0 Å². The van der Waals surface area contributed by atoms with Gasteiger partial charge in [0.15, 0.2) is 5.82 Å². The highest BCUT2D eigenvalue weighted by molar-refractivity contribution is 7.98. The minimum atomic E-state index is -0.334. The highest BCUT2D eigenvalue weighted by atomic mass is 32.2. The molecule has 1 aliphatic rings. The van der Waals surface area contributed by atoms with E-state index < -0.39 is 0 Å². The van der Waals surface area contributed by atoms with Gasteiger partial charge in [0.05, 0.1) is 0 Å². The van der Waals surface area contributed by atoms with Gasteiger partial charge in [0, 0.05) is 23.1 Å². The van der Waals surface area contributed by atoms with Crippen LogP contribution in [0.4, 0.5) is 0 Å². The second kappa shape index (κ2) is 5.98. The molecule has 0 aliphatic heterocycles. The number of rotatable bonds is 5. The summed E-state index contributed by atoms with van der Waals surface area (Å²) in [7, 11) is 0. The Kier molecular flexibility index (Phi) is 3.80. The van der Waals surface area contributed by atoms with E-state index in [0.29, 0.717) is 22.4 Å². The molecule has 0 spiro atoms. The molecule has 0 atom stereocenters. The Morgan fingerprint density at radius 1 is 1.33 bits per heavy atom. The SMILES string of the molecule is CCc1ccc2c(CSc3nnc(C4CC4)n3N)cc(=O)oc2c1. The van der Waals surface area contributed by atoms with Crippen molar-refractivity contribution in [3.05, 3.63) is 51.6 Å². The second-order valence-electron chi connectivity index (χ2n) is 6.05. The van der Waals surface area contributed by atoms with E-state index in [0.717, 1.165) is 41.6 Å². The van der Waals surface area contributed by atoms with Crippen molar-refractivity contribution < 1.29 is 4.42 Å². The zero-order valence-electron chi connectivity index (χ0n) is 13.4. The third-order valence-electron chi connectivity index (χ3n) is 4.29. The number of nitrogens with zero attached hydrogens (tertiary/aromatic N) is 3. The predicted octanol–water partition coefficient (Wildman–Crippen LogP) is 2.83. The standard InChI is InChI=1S/C17H18N4O2S/c1-2-10-3-6-13-12(8-15(22)23-14(13)7-10)9-24-17-20-19-16(21(17)18)11-4-5-11/h3,6-8,11H,2,4-5,9,18H2,1H3. The molecule has 2 heterocycles. The molecule has 2 aromatic heterocycles. The van der Waals surface area contributed by atoms with E-state index in [-0.39, 0.29) is 5.63 Å². The van der Waals surface area contributed by atoms with Crippen molar-refractivity contribution in [2.24, 2.45) is 0 Å². The average Bonchev–Trinajstić information content (AvgIpc) is 3.35. The third-order valence-corrected chi connectivity index (χ3v) is 5.28. The van der Waals surface area contributed by atoms with Crippen LogP contribution in [0.3, 0.4) is 0 Å². The Morgan fingerprint density at radius 2 is 2.17 bits per heavy atom. The normalized spacial score (nSPS) is 14.4. The van der Waals surface area contributed by atoms with Gasteiger partial charge in [-0.25, -0.2) is 9.47 Å². The first-order chi connectivity index (χ1) is 11.7. The fourth-order valence-corrected chi connectivity index (χ4v) is 3.62. The molecule has 1 aromatic carbocycles. The number of aryl methyl sites for hydroxylation is 1. The summed E-state index contributed by atoms with van der Waals surface area (Å²) in [4.78, 5) is 11.9. The predicted molar refractivity (Wildman–Crippen MR) is 93.6 cm³/mol. The van der Waals surface area contributed by atoms with Crippen LogP contribution in [0.2, 0.25) is 0 Å². The molecule has 7 heteroatoms. The minimum Gasteiger partial charge on any atom is -0.423 e. The molecule has 0 unspecified atom stereocenters. The molecule has 0 radical (unpaired) electrons. The monoisotopic (exact) mass is 342 g/mol. The molecule has 4 rings (SSSR count). The maximum atomic E-state index is 11.9. The molecule has 2 N–H and O–H groups in total. The number of benzene rings is 1. The van der Waals surface area contributed by atoms with Crippen LogP contribution in [-0.4, -0.2) is 14.9 Å². The van der Waals surface area contributed by atoms with Crippen LogP contribution in [0.15, 0.2) is 38.6 Å². The third kappa shape index (κ3) is 2.80. The molecule has 1 fully saturated rings. The topological polar surface area (TPSA) is 86.9 Å². The highest BCUT2D eigenvalue weighted by Gasteiger charge is 2.29. The Hall–Kier alpha value is -2.28. The van der Waals surface area contributed by atoms with E-state index in [9.17, 15) is 4.79 Å². The Balaban J connectivity index is 1.63. The molecular weight excluding hydrogens is 324 g/mol. The summed E-state index contributed by atoms with van der Waals surface area (Å²) in [5.41, 5.74) is 2.36. The Morgan fingerprint density at radius 3 is 2.92 bits per heavy atom. The summed E-state index contributed by atoms with van der Waals surface area (Å²) >= 11 is 1.48. The highest BCUT2D eigenvalue weighted by Crippen LogP contribution is 2.39. The van der Waals surface area contributed by atoms with Crippen molar-refractivity contribution in [2.45, 2.75) is 43.0 Å². The van der Waals surface area contributed by atoms with Crippen LogP contribution < -0.4 is 11.5 Å². The largest absolute Gasteiger partial charge is 0.423 e. The first-order valence-corrected chi connectivity index (χ1v) is 9.03. The molecule has 1 aliphatic carbocycles. The fourth-order valence-electron chi connectivity index (χ4n) is 2.76. The van der Waals surface area contributed by atoms with Crippen LogP contribution >= 0.6 is 11.8 Å². The van der Waals surface area contributed by atoms with Gasteiger partial charge >= 0.3 is 5.63 Å². The lowest BCUT2D eigenvalue weighted by atomic mass is 10.1. The average molecular weight is 342 g/mol. The van der Waals surface area contributed by atoms with Crippen molar-refractivity contribution in [3.8, 4) is 0 Å². The molecule has 0 saturated heterocycles. The van der Waals surface area contributed by atoms with Gasteiger partial charge in [0.2, 0.25) is 5.16 Å². The summed E-state index contributed by atoms with van der Waals surface area (Å²) in [5, 5.41) is 9.97. The van der Waals surface area contributed by atoms with E-state index in [2.05, 4.69) is 23.2 Å². The summed E-state index contributed by atoms with van der Waals surface area (Å²) in [6.07, 6.45) is 3.16. The number of hydrogen-bond acceptors (Lipinski definition) is 6. The first-order valence-electron chi connectivity index (χ1n) is 8.04. The van der Waals surface area contributed by atoms with E-state index in [1.54, 1.807) is 10.7 Å². The molecule has 1 saturated carbocycles. The van der Waals surface area contributed by atoms with E-state index in [4.69, 9.17) is 10.3 Å². The zero-order chi connectivity index (χ0) is 16.7. The Labute approximate surface area is 143 Å². The lowest BCUT2D eigenvalue weighted by Gasteiger charge is -2.06. The zero-order valence-corrected chi connectivity index (χ0v) is 14.2. The van der Waals surface area contributed by atoms with Crippen LogP contribution in [-0.2, 0) is 12.2 Å². The quantitative estimate of drug-likeness (QED) is 0.436. The molecule has 0 bridgehead atoms. The van der Waals surface area contributed by atoms with Gasteiger partial charge in [-0.1, -0.05) is 30.8 Å². The van der Waals surface area contributed by atoms with Crippen molar-refractivity contribution in [1.82, 2.24) is 14.9 Å². The number of aromatic nitrogens is 3. The first kappa shape index (κ1) is 15.3. The van der Waals surface area contributed by atoms with E-state index >= 15 is 0 Å². The molecular formula is C17H18N4O2S. The van der Waals surface area contributed by atoms with Gasteiger partial charge < -0.3 is 10.3 Å². The summed E-state index contributed by atoms with van der Waals surface area (Å²) in [5.74, 6) is 7.97. The number of thioether (sulfide) groups is 1. The molecule has 3 aromatic rings. The van der Waals surface area contributed by atoms with Gasteiger partial charge in [-0.05, 0) is 36.5 Å². The molecule has 6 nitrogen and oxygen atoms in total. The lowest BCUT2D eigenvalue weighted by Crippen LogP contribution is -2.13. The maximum absolute atomic E-state index is 11.9. The van der Waals surface area contributed by atoms with Crippen molar-refractivity contribution >= 4 is 22.7 Å². The number of fused-ring (bicyclic) bond motifs is 1. The van der Waals surface area contributed by atoms with E-state index in [1.807, 2.05) is 12.1 Å². The van der Waals surface area contributed by atoms with Gasteiger partial charge in [0.25, 0.3) is 0 Å². The summed E-state index contributed by atoms with van der Waals surface area (Å²) < 4.78 is 6.92. The number of nitrogens with two attached hydrogens (primary N) is 1. The van der Waals surface area contributed by atoms with Crippen molar-refractivity contribution in [1.29, 1.82) is 0 Å². The fraction of sp³-hybridized carbons (Fsp3) is 0.353.